The van der Waals surface area contributed by atoms with Crippen LogP contribution in [0.2, 0.25) is 0 Å². The summed E-state index contributed by atoms with van der Waals surface area (Å²) in [5.41, 5.74) is 0. The van der Waals surface area contributed by atoms with Crippen molar-refractivity contribution in [3.05, 3.63) is 0 Å². The fourth-order valence-corrected chi connectivity index (χ4v) is 3.02. The number of hydrogen-bond donors (Lipinski definition) is 0. The van der Waals surface area contributed by atoms with Crippen molar-refractivity contribution in [2.45, 2.75) is 105 Å². The van der Waals surface area contributed by atoms with Gasteiger partial charge < -0.3 is 4.79 Å². The van der Waals surface area contributed by atoms with Crippen molar-refractivity contribution in [2.75, 3.05) is 0 Å². The van der Waals surface area contributed by atoms with E-state index >= 15 is 0 Å². The number of rotatable bonds is 9. The first-order valence-electron chi connectivity index (χ1n) is 9.47. The van der Waals surface area contributed by atoms with E-state index in [4.69, 9.17) is 0 Å². The summed E-state index contributed by atoms with van der Waals surface area (Å²) >= 11 is 0. The zero-order valence-corrected chi connectivity index (χ0v) is 15.5. The van der Waals surface area contributed by atoms with Crippen molar-refractivity contribution < 1.29 is 9.59 Å². The lowest BCUT2D eigenvalue weighted by atomic mass is 9.85. The first kappa shape index (κ1) is 21.3. The molecule has 0 amide bonds. The van der Waals surface area contributed by atoms with Gasteiger partial charge in [0, 0.05) is 12.3 Å². The maximum atomic E-state index is 10.7. The fraction of sp³-hybridized carbons (Fsp3) is 0.900. The molecule has 0 aromatic carbocycles. The van der Waals surface area contributed by atoms with Crippen LogP contribution in [0.15, 0.2) is 0 Å². The molecule has 1 saturated carbocycles. The van der Waals surface area contributed by atoms with E-state index in [-0.39, 0.29) is 5.92 Å². The number of Topliss-reactive ketones (excluding diaryl/α,β-unsaturated/α-hetero) is 2. The van der Waals surface area contributed by atoms with Crippen molar-refractivity contribution in [3.8, 4) is 0 Å². The second-order valence-corrected chi connectivity index (χ2v) is 7.11. The molecule has 0 heterocycles. The Balaban J connectivity index is 0.000000409. The van der Waals surface area contributed by atoms with Gasteiger partial charge in [0.1, 0.15) is 11.6 Å². The highest BCUT2D eigenvalue weighted by Crippen LogP contribution is 2.27. The average molecular weight is 311 g/mol. The van der Waals surface area contributed by atoms with Crippen LogP contribution in [0.3, 0.4) is 0 Å². The molecule has 1 unspecified atom stereocenters. The Bertz CT molecular complexity index is 290. The molecule has 0 aromatic heterocycles. The summed E-state index contributed by atoms with van der Waals surface area (Å²) in [5, 5.41) is 0. The molecule has 0 bridgehead atoms. The van der Waals surface area contributed by atoms with E-state index in [1.54, 1.807) is 13.8 Å². The third kappa shape index (κ3) is 13.0. The summed E-state index contributed by atoms with van der Waals surface area (Å²) < 4.78 is 0. The minimum atomic E-state index is 0.284. The largest absolute Gasteiger partial charge is 0.300 e. The number of carbonyl (C=O) groups is 2. The molecule has 2 heteroatoms. The van der Waals surface area contributed by atoms with E-state index < -0.39 is 0 Å². The molecular weight excluding hydrogens is 272 g/mol. The predicted octanol–water partition coefficient (Wildman–Crippen LogP) is 6.12. The molecule has 0 N–H and O–H groups in total. The van der Waals surface area contributed by atoms with Gasteiger partial charge in [0.25, 0.3) is 0 Å². The number of carbonyl (C=O) groups excluding carboxylic acids is 2. The maximum Gasteiger partial charge on any atom is 0.132 e. The minimum Gasteiger partial charge on any atom is -0.300 e. The molecule has 0 saturated heterocycles. The summed E-state index contributed by atoms with van der Waals surface area (Å²) in [5.74, 6) is 1.91. The highest BCUT2D eigenvalue weighted by molar-refractivity contribution is 5.77. The molecular formula is C20H38O2. The van der Waals surface area contributed by atoms with E-state index in [9.17, 15) is 9.59 Å². The smallest absolute Gasteiger partial charge is 0.132 e. The maximum absolute atomic E-state index is 10.7. The topological polar surface area (TPSA) is 34.1 Å². The Labute approximate surface area is 138 Å². The monoisotopic (exact) mass is 310 g/mol. The summed E-state index contributed by atoms with van der Waals surface area (Å²) in [7, 11) is 0. The minimum absolute atomic E-state index is 0.284. The average Bonchev–Trinajstić information content (AvgIpc) is 2.48. The van der Waals surface area contributed by atoms with E-state index in [0.717, 1.165) is 25.2 Å². The van der Waals surface area contributed by atoms with Crippen molar-refractivity contribution in [1.82, 2.24) is 0 Å². The van der Waals surface area contributed by atoms with Crippen LogP contribution in [-0.4, -0.2) is 11.6 Å². The van der Waals surface area contributed by atoms with Crippen molar-refractivity contribution in [2.24, 2.45) is 11.8 Å². The molecule has 1 fully saturated rings. The van der Waals surface area contributed by atoms with Crippen LogP contribution in [0.25, 0.3) is 0 Å². The third-order valence-corrected chi connectivity index (χ3v) is 4.80. The van der Waals surface area contributed by atoms with Gasteiger partial charge in [-0.15, -0.1) is 0 Å². The molecule has 0 aliphatic heterocycles. The van der Waals surface area contributed by atoms with Crippen LogP contribution in [0.5, 0.6) is 0 Å². The molecule has 0 spiro atoms. The second kappa shape index (κ2) is 14.0. The van der Waals surface area contributed by atoms with Gasteiger partial charge in [0.05, 0.1) is 0 Å². The Morgan fingerprint density at radius 2 is 1.64 bits per heavy atom. The molecule has 1 atom stereocenters. The molecule has 1 rings (SSSR count). The molecule has 0 aromatic rings. The van der Waals surface area contributed by atoms with E-state index in [0.29, 0.717) is 11.6 Å². The van der Waals surface area contributed by atoms with Crippen LogP contribution in [-0.2, 0) is 9.59 Å². The van der Waals surface area contributed by atoms with E-state index in [1.807, 2.05) is 6.92 Å². The Hall–Kier alpha value is -0.660. The quantitative estimate of drug-likeness (QED) is 0.481. The van der Waals surface area contributed by atoms with Gasteiger partial charge in [-0.25, -0.2) is 0 Å². The van der Waals surface area contributed by atoms with Gasteiger partial charge in [-0.05, 0) is 32.6 Å². The highest BCUT2D eigenvalue weighted by atomic mass is 16.1. The summed E-state index contributed by atoms with van der Waals surface area (Å²) in [6.45, 7) is 7.56. The Kier molecular flexibility index (Phi) is 13.5. The lowest BCUT2D eigenvalue weighted by molar-refractivity contribution is -0.120. The van der Waals surface area contributed by atoms with Gasteiger partial charge in [-0.1, -0.05) is 71.6 Å². The van der Waals surface area contributed by atoms with Gasteiger partial charge in [-0.2, -0.15) is 0 Å². The zero-order chi connectivity index (χ0) is 16.8. The first-order chi connectivity index (χ1) is 10.5. The first-order valence-corrected chi connectivity index (χ1v) is 9.47. The van der Waals surface area contributed by atoms with E-state index in [1.165, 1.54) is 57.8 Å². The third-order valence-electron chi connectivity index (χ3n) is 4.80. The SMILES string of the molecule is CC(=O)CCCC1CCCCC1.CCCCCC(C)C(C)=O. The van der Waals surface area contributed by atoms with Crippen LogP contribution in [0.4, 0.5) is 0 Å². The molecule has 1 aliphatic rings. The Morgan fingerprint density at radius 3 is 2.14 bits per heavy atom. The number of hydrogen-bond acceptors (Lipinski definition) is 2. The van der Waals surface area contributed by atoms with Gasteiger partial charge in [-0.3, -0.25) is 4.79 Å². The predicted molar refractivity (Wildman–Crippen MR) is 95.1 cm³/mol. The molecule has 22 heavy (non-hydrogen) atoms. The normalized spacial score (nSPS) is 16.5. The lowest BCUT2D eigenvalue weighted by Crippen LogP contribution is -2.06. The fourth-order valence-electron chi connectivity index (χ4n) is 3.02. The van der Waals surface area contributed by atoms with Crippen molar-refractivity contribution in [1.29, 1.82) is 0 Å². The molecule has 2 nitrogen and oxygen atoms in total. The van der Waals surface area contributed by atoms with Crippen LogP contribution in [0, 0.1) is 11.8 Å². The molecule has 130 valence electrons. The number of unbranched alkanes of at least 4 members (excludes halogenated alkanes) is 2. The van der Waals surface area contributed by atoms with Gasteiger partial charge in [0.15, 0.2) is 0 Å². The zero-order valence-electron chi connectivity index (χ0n) is 15.5. The van der Waals surface area contributed by atoms with Crippen LogP contribution in [0.1, 0.15) is 105 Å². The standard InChI is InChI=1S/C11H20O.C9H18O/c1-10(12)6-5-9-11-7-3-2-4-8-11;1-4-5-6-7-8(2)9(3)10/h11H,2-9H2,1H3;8H,4-7H2,1-3H3. The van der Waals surface area contributed by atoms with Gasteiger partial charge in [0.2, 0.25) is 0 Å². The Morgan fingerprint density at radius 1 is 1.00 bits per heavy atom. The van der Waals surface area contributed by atoms with E-state index in [2.05, 4.69) is 6.92 Å². The van der Waals surface area contributed by atoms with Crippen molar-refractivity contribution >= 4 is 11.6 Å². The lowest BCUT2D eigenvalue weighted by Gasteiger charge is -2.20. The van der Waals surface area contributed by atoms with Crippen LogP contribution >= 0.6 is 0 Å². The summed E-state index contributed by atoms with van der Waals surface area (Å²) in [6.07, 6.45) is 15.1. The summed E-state index contributed by atoms with van der Waals surface area (Å²) in [4.78, 5) is 21.4. The summed E-state index contributed by atoms with van der Waals surface area (Å²) in [6, 6.07) is 0. The van der Waals surface area contributed by atoms with Gasteiger partial charge >= 0.3 is 0 Å². The second-order valence-electron chi connectivity index (χ2n) is 7.11. The number of ketones is 2. The van der Waals surface area contributed by atoms with Crippen LogP contribution < -0.4 is 0 Å². The molecule has 0 radical (unpaired) electrons. The van der Waals surface area contributed by atoms with Crippen molar-refractivity contribution in [3.63, 3.8) is 0 Å². The highest BCUT2D eigenvalue weighted by Gasteiger charge is 2.12. The molecule has 1 aliphatic carbocycles.